The van der Waals surface area contributed by atoms with Crippen molar-refractivity contribution in [1.82, 2.24) is 0 Å². The van der Waals surface area contributed by atoms with Crippen molar-refractivity contribution in [3.63, 3.8) is 0 Å². The standard InChI is InChI=1S/C12H18BrNO2/c1-3-9(14)5-8-6-10(13)12(15)11(7-8)16-4-2/h6-7,9,15H,3-5,14H2,1-2H3. The van der Waals surface area contributed by atoms with Crippen LogP contribution in [-0.4, -0.2) is 17.8 Å². The topological polar surface area (TPSA) is 55.5 Å². The maximum atomic E-state index is 9.74. The molecule has 0 radical (unpaired) electrons. The lowest BCUT2D eigenvalue weighted by atomic mass is 10.0. The maximum Gasteiger partial charge on any atom is 0.172 e. The van der Waals surface area contributed by atoms with Crippen molar-refractivity contribution in [3.05, 3.63) is 22.2 Å². The number of nitrogens with two attached hydrogens (primary N) is 1. The minimum Gasteiger partial charge on any atom is -0.503 e. The highest BCUT2D eigenvalue weighted by molar-refractivity contribution is 9.10. The van der Waals surface area contributed by atoms with Crippen molar-refractivity contribution >= 4 is 15.9 Å². The lowest BCUT2D eigenvalue weighted by Gasteiger charge is -2.13. The molecule has 0 bridgehead atoms. The van der Waals surface area contributed by atoms with E-state index in [0.717, 1.165) is 18.4 Å². The van der Waals surface area contributed by atoms with E-state index in [9.17, 15) is 5.11 Å². The number of halogens is 1. The Hall–Kier alpha value is -0.740. The van der Waals surface area contributed by atoms with Crippen LogP contribution in [0.25, 0.3) is 0 Å². The maximum absolute atomic E-state index is 9.74. The van der Waals surface area contributed by atoms with Crippen LogP contribution in [0.15, 0.2) is 16.6 Å². The summed E-state index contributed by atoms with van der Waals surface area (Å²) < 4.78 is 6.00. The number of benzene rings is 1. The molecule has 0 aromatic heterocycles. The van der Waals surface area contributed by atoms with Crippen molar-refractivity contribution in [1.29, 1.82) is 0 Å². The average molecular weight is 288 g/mol. The summed E-state index contributed by atoms with van der Waals surface area (Å²) in [4.78, 5) is 0. The van der Waals surface area contributed by atoms with Crippen LogP contribution in [0.2, 0.25) is 0 Å². The average Bonchev–Trinajstić information content (AvgIpc) is 2.25. The predicted octanol–water partition coefficient (Wildman–Crippen LogP) is 2.83. The molecule has 0 amide bonds. The lowest BCUT2D eigenvalue weighted by molar-refractivity contribution is 0.317. The monoisotopic (exact) mass is 287 g/mol. The van der Waals surface area contributed by atoms with Crippen LogP contribution in [0.4, 0.5) is 0 Å². The summed E-state index contributed by atoms with van der Waals surface area (Å²) in [5.74, 6) is 0.658. The minimum absolute atomic E-state index is 0.144. The van der Waals surface area contributed by atoms with Crippen molar-refractivity contribution < 1.29 is 9.84 Å². The third kappa shape index (κ3) is 3.39. The molecule has 90 valence electrons. The van der Waals surface area contributed by atoms with Gasteiger partial charge in [-0.2, -0.15) is 0 Å². The van der Waals surface area contributed by atoms with E-state index in [1.807, 2.05) is 19.1 Å². The molecule has 0 aliphatic rings. The molecule has 1 rings (SSSR count). The summed E-state index contributed by atoms with van der Waals surface area (Å²) in [6.07, 6.45) is 1.72. The van der Waals surface area contributed by atoms with Gasteiger partial charge < -0.3 is 15.6 Å². The Morgan fingerprint density at radius 2 is 2.12 bits per heavy atom. The van der Waals surface area contributed by atoms with Crippen LogP contribution in [0.1, 0.15) is 25.8 Å². The molecule has 0 heterocycles. The van der Waals surface area contributed by atoms with Gasteiger partial charge in [0.2, 0.25) is 0 Å². The number of hydrogen-bond acceptors (Lipinski definition) is 3. The molecule has 3 nitrogen and oxygen atoms in total. The van der Waals surface area contributed by atoms with Gasteiger partial charge in [-0.1, -0.05) is 6.92 Å². The molecule has 0 aliphatic heterocycles. The van der Waals surface area contributed by atoms with E-state index >= 15 is 0 Å². The van der Waals surface area contributed by atoms with Gasteiger partial charge in [0.05, 0.1) is 11.1 Å². The predicted molar refractivity (Wildman–Crippen MR) is 68.9 cm³/mol. The largest absolute Gasteiger partial charge is 0.503 e. The van der Waals surface area contributed by atoms with Gasteiger partial charge in [0, 0.05) is 6.04 Å². The van der Waals surface area contributed by atoms with Gasteiger partial charge in [0.1, 0.15) is 0 Å². The van der Waals surface area contributed by atoms with Gasteiger partial charge in [-0.15, -0.1) is 0 Å². The van der Waals surface area contributed by atoms with E-state index in [1.54, 1.807) is 0 Å². The molecule has 1 atom stereocenters. The summed E-state index contributed by atoms with van der Waals surface area (Å²) in [5, 5.41) is 9.74. The van der Waals surface area contributed by atoms with Gasteiger partial charge in [-0.05, 0) is 53.4 Å². The zero-order valence-electron chi connectivity index (χ0n) is 9.66. The molecule has 0 fully saturated rings. The fourth-order valence-electron chi connectivity index (χ4n) is 1.46. The molecule has 0 aliphatic carbocycles. The molecule has 1 aromatic carbocycles. The highest BCUT2D eigenvalue weighted by Crippen LogP contribution is 2.35. The number of aromatic hydroxyl groups is 1. The number of phenols is 1. The Kier molecular flexibility index (Phi) is 5.09. The van der Waals surface area contributed by atoms with E-state index in [4.69, 9.17) is 10.5 Å². The van der Waals surface area contributed by atoms with Crippen LogP contribution in [0, 0.1) is 0 Å². The molecular weight excluding hydrogens is 270 g/mol. The second-order valence-electron chi connectivity index (χ2n) is 3.73. The van der Waals surface area contributed by atoms with Crippen LogP contribution < -0.4 is 10.5 Å². The van der Waals surface area contributed by atoms with E-state index in [0.29, 0.717) is 16.8 Å². The van der Waals surface area contributed by atoms with Crippen LogP contribution >= 0.6 is 15.9 Å². The Balaban J connectivity index is 2.94. The molecule has 0 saturated heterocycles. The van der Waals surface area contributed by atoms with E-state index < -0.39 is 0 Å². The molecule has 4 heteroatoms. The van der Waals surface area contributed by atoms with Gasteiger partial charge in [0.15, 0.2) is 11.5 Å². The van der Waals surface area contributed by atoms with Crippen molar-refractivity contribution in [2.45, 2.75) is 32.7 Å². The van der Waals surface area contributed by atoms with Gasteiger partial charge in [0.25, 0.3) is 0 Å². The first kappa shape index (κ1) is 13.3. The number of rotatable bonds is 5. The van der Waals surface area contributed by atoms with Crippen LogP contribution in [0.5, 0.6) is 11.5 Å². The smallest absolute Gasteiger partial charge is 0.172 e. The fourth-order valence-corrected chi connectivity index (χ4v) is 1.95. The van der Waals surface area contributed by atoms with E-state index in [2.05, 4.69) is 22.9 Å². The fraction of sp³-hybridized carbons (Fsp3) is 0.500. The number of phenolic OH excluding ortho intramolecular Hbond substituents is 1. The summed E-state index contributed by atoms with van der Waals surface area (Å²) in [6, 6.07) is 3.87. The molecule has 1 unspecified atom stereocenters. The third-order valence-corrected chi connectivity index (χ3v) is 3.01. The highest BCUT2D eigenvalue weighted by Gasteiger charge is 2.10. The van der Waals surface area contributed by atoms with Crippen LogP contribution in [-0.2, 0) is 6.42 Å². The number of hydrogen-bond donors (Lipinski definition) is 2. The lowest BCUT2D eigenvalue weighted by Crippen LogP contribution is -2.21. The van der Waals surface area contributed by atoms with Crippen molar-refractivity contribution in [2.24, 2.45) is 5.73 Å². The first-order valence-electron chi connectivity index (χ1n) is 5.48. The molecule has 3 N–H and O–H groups in total. The number of ether oxygens (including phenoxy) is 1. The first-order valence-corrected chi connectivity index (χ1v) is 6.27. The molecule has 0 saturated carbocycles. The highest BCUT2D eigenvalue weighted by atomic mass is 79.9. The van der Waals surface area contributed by atoms with Gasteiger partial charge in [-0.25, -0.2) is 0 Å². The second kappa shape index (κ2) is 6.11. The zero-order valence-corrected chi connectivity index (χ0v) is 11.3. The van der Waals surface area contributed by atoms with Crippen molar-refractivity contribution in [2.75, 3.05) is 6.61 Å². The summed E-state index contributed by atoms with van der Waals surface area (Å²) >= 11 is 3.31. The van der Waals surface area contributed by atoms with Crippen molar-refractivity contribution in [3.8, 4) is 11.5 Å². The zero-order chi connectivity index (χ0) is 12.1. The Morgan fingerprint density at radius 1 is 1.44 bits per heavy atom. The van der Waals surface area contributed by atoms with Crippen LogP contribution in [0.3, 0.4) is 0 Å². The first-order chi connectivity index (χ1) is 7.58. The van der Waals surface area contributed by atoms with Gasteiger partial charge >= 0.3 is 0 Å². The normalized spacial score (nSPS) is 12.5. The quantitative estimate of drug-likeness (QED) is 0.876. The SMILES string of the molecule is CCOc1cc(CC(N)CC)cc(Br)c1O. The molecular formula is C12H18BrNO2. The Morgan fingerprint density at radius 3 is 2.69 bits per heavy atom. The van der Waals surface area contributed by atoms with E-state index in [1.165, 1.54) is 0 Å². The summed E-state index contributed by atoms with van der Waals surface area (Å²) in [6.45, 7) is 4.48. The molecule has 16 heavy (non-hydrogen) atoms. The second-order valence-corrected chi connectivity index (χ2v) is 4.58. The minimum atomic E-state index is 0.144. The summed E-state index contributed by atoms with van der Waals surface area (Å²) in [7, 11) is 0. The Labute approximate surface area is 105 Å². The summed E-state index contributed by atoms with van der Waals surface area (Å²) in [5.41, 5.74) is 6.97. The van der Waals surface area contributed by atoms with E-state index in [-0.39, 0.29) is 11.8 Å². The van der Waals surface area contributed by atoms with Gasteiger partial charge in [-0.3, -0.25) is 0 Å². The molecule has 1 aromatic rings. The Bertz CT molecular complexity index is 355. The molecule has 0 spiro atoms. The third-order valence-electron chi connectivity index (χ3n) is 2.41.